The summed E-state index contributed by atoms with van der Waals surface area (Å²) in [5, 5.41) is 15.5. The van der Waals surface area contributed by atoms with Crippen LogP contribution in [0.2, 0.25) is 0 Å². The number of carboxylic acid groups (broad SMARTS) is 1. The Kier molecular flexibility index (Phi) is 5.26. The van der Waals surface area contributed by atoms with Crippen LogP contribution in [0.15, 0.2) is 42.7 Å². The van der Waals surface area contributed by atoms with Gasteiger partial charge in [-0.2, -0.15) is 5.10 Å². The summed E-state index contributed by atoms with van der Waals surface area (Å²) in [5.41, 5.74) is 1.44. The molecule has 2 aromatic rings. The molecule has 2 N–H and O–H groups in total. The van der Waals surface area contributed by atoms with Gasteiger partial charge in [0, 0.05) is 13.3 Å². The van der Waals surface area contributed by atoms with Crippen molar-refractivity contribution in [3.8, 4) is 0 Å². The number of rotatable bonds is 7. The topological polar surface area (TPSA) is 93.5 Å². The van der Waals surface area contributed by atoms with Crippen molar-refractivity contribution < 1.29 is 19.4 Å². The summed E-state index contributed by atoms with van der Waals surface area (Å²) in [4.78, 5) is 22.7. The van der Waals surface area contributed by atoms with Crippen molar-refractivity contribution >= 4 is 11.9 Å². The van der Waals surface area contributed by atoms with E-state index in [4.69, 9.17) is 9.84 Å². The van der Waals surface area contributed by atoms with Crippen molar-refractivity contribution in [1.82, 2.24) is 15.1 Å². The molecule has 0 spiro atoms. The van der Waals surface area contributed by atoms with Gasteiger partial charge in [0.05, 0.1) is 24.8 Å². The minimum Gasteiger partial charge on any atom is -0.479 e. The van der Waals surface area contributed by atoms with Crippen LogP contribution in [0.25, 0.3) is 0 Å². The number of ether oxygens (including phenoxy) is 1. The molecule has 1 amide bonds. The molecule has 0 saturated carbocycles. The Bertz CT molecular complexity index is 639. The number of hydrogen-bond acceptors (Lipinski definition) is 4. The third-order valence-corrected chi connectivity index (χ3v) is 3.09. The smallest absolute Gasteiger partial charge is 0.334 e. The van der Waals surface area contributed by atoms with Crippen molar-refractivity contribution in [2.24, 2.45) is 0 Å². The normalized spacial score (nSPS) is 11.9. The zero-order chi connectivity index (χ0) is 15.9. The van der Waals surface area contributed by atoms with Crippen LogP contribution in [0.5, 0.6) is 0 Å². The number of nitrogens with one attached hydrogen (secondary N) is 1. The van der Waals surface area contributed by atoms with Gasteiger partial charge in [0.2, 0.25) is 0 Å². The van der Waals surface area contributed by atoms with Crippen LogP contribution in [-0.4, -0.2) is 46.5 Å². The Hall–Kier alpha value is -2.67. The highest BCUT2D eigenvalue weighted by molar-refractivity contribution is 5.94. The Morgan fingerprint density at radius 2 is 2.09 bits per heavy atom. The van der Waals surface area contributed by atoms with Gasteiger partial charge < -0.3 is 15.2 Å². The molecule has 22 heavy (non-hydrogen) atoms. The van der Waals surface area contributed by atoms with Crippen LogP contribution in [0.3, 0.4) is 0 Å². The number of carboxylic acids is 1. The molecule has 1 aromatic heterocycles. The Morgan fingerprint density at radius 3 is 2.73 bits per heavy atom. The number of methoxy groups -OCH3 is 1. The second-order valence-electron chi connectivity index (χ2n) is 4.68. The van der Waals surface area contributed by atoms with Crippen LogP contribution in [0.4, 0.5) is 0 Å². The van der Waals surface area contributed by atoms with E-state index in [1.165, 1.54) is 13.3 Å². The third kappa shape index (κ3) is 4.16. The number of carbonyl (C=O) groups is 2. The van der Waals surface area contributed by atoms with E-state index in [0.717, 1.165) is 5.56 Å². The summed E-state index contributed by atoms with van der Waals surface area (Å²) in [6, 6.07) is 9.74. The number of hydrogen-bond donors (Lipinski definition) is 2. The molecule has 0 bridgehead atoms. The summed E-state index contributed by atoms with van der Waals surface area (Å²) in [6.07, 6.45) is 1.99. The summed E-state index contributed by atoms with van der Waals surface area (Å²) >= 11 is 0. The van der Waals surface area contributed by atoms with Crippen LogP contribution >= 0.6 is 0 Å². The van der Waals surface area contributed by atoms with Gasteiger partial charge in [0.15, 0.2) is 6.10 Å². The first-order valence-corrected chi connectivity index (χ1v) is 6.70. The van der Waals surface area contributed by atoms with Crippen LogP contribution in [0, 0.1) is 0 Å². The highest BCUT2D eigenvalue weighted by Crippen LogP contribution is 2.04. The first kappa shape index (κ1) is 15.7. The lowest BCUT2D eigenvalue weighted by Gasteiger charge is -2.10. The summed E-state index contributed by atoms with van der Waals surface area (Å²) < 4.78 is 6.40. The summed E-state index contributed by atoms with van der Waals surface area (Å²) in [7, 11) is 1.28. The molecule has 0 aliphatic rings. The fourth-order valence-electron chi connectivity index (χ4n) is 1.90. The van der Waals surface area contributed by atoms with Gasteiger partial charge >= 0.3 is 5.97 Å². The van der Waals surface area contributed by atoms with Crippen LogP contribution in [-0.2, 0) is 16.1 Å². The quantitative estimate of drug-likeness (QED) is 0.787. The molecule has 1 atom stereocenters. The van der Waals surface area contributed by atoms with E-state index >= 15 is 0 Å². The summed E-state index contributed by atoms with van der Waals surface area (Å²) in [6.45, 7) is 0.457. The van der Waals surface area contributed by atoms with E-state index in [-0.39, 0.29) is 12.5 Å². The molecule has 0 radical (unpaired) electrons. The van der Waals surface area contributed by atoms with E-state index in [1.54, 1.807) is 10.9 Å². The Morgan fingerprint density at radius 1 is 1.36 bits per heavy atom. The second kappa shape index (κ2) is 7.37. The zero-order valence-corrected chi connectivity index (χ0v) is 12.1. The lowest BCUT2D eigenvalue weighted by molar-refractivity contribution is -0.148. The largest absolute Gasteiger partial charge is 0.479 e. The maximum Gasteiger partial charge on any atom is 0.334 e. The van der Waals surface area contributed by atoms with Crippen molar-refractivity contribution in [3.63, 3.8) is 0 Å². The minimum atomic E-state index is -1.12. The highest BCUT2D eigenvalue weighted by Gasteiger charge is 2.18. The van der Waals surface area contributed by atoms with Gasteiger partial charge in [0.25, 0.3) is 5.91 Å². The predicted octanol–water partition coefficient (Wildman–Crippen LogP) is 0.761. The molecular formula is C15H17N3O4. The van der Waals surface area contributed by atoms with E-state index in [9.17, 15) is 9.59 Å². The first-order valence-electron chi connectivity index (χ1n) is 6.70. The molecule has 116 valence electrons. The van der Waals surface area contributed by atoms with E-state index in [1.807, 2.05) is 30.3 Å². The highest BCUT2D eigenvalue weighted by atomic mass is 16.5. The lowest BCUT2D eigenvalue weighted by Crippen LogP contribution is -2.37. The van der Waals surface area contributed by atoms with Gasteiger partial charge in [-0.1, -0.05) is 30.3 Å². The molecule has 0 aliphatic carbocycles. The second-order valence-corrected chi connectivity index (χ2v) is 4.68. The van der Waals surface area contributed by atoms with Gasteiger partial charge in [-0.15, -0.1) is 0 Å². The number of amides is 1. The van der Waals surface area contributed by atoms with Crippen molar-refractivity contribution in [2.45, 2.75) is 12.6 Å². The van der Waals surface area contributed by atoms with E-state index < -0.39 is 12.1 Å². The number of benzene rings is 1. The molecule has 0 saturated heterocycles. The minimum absolute atomic E-state index is 0.103. The maximum atomic E-state index is 11.9. The fourth-order valence-corrected chi connectivity index (χ4v) is 1.90. The van der Waals surface area contributed by atoms with Gasteiger partial charge in [-0.3, -0.25) is 9.48 Å². The number of carbonyl (C=O) groups excluding carboxylic acids is 1. The molecule has 0 fully saturated rings. The van der Waals surface area contributed by atoms with Gasteiger partial charge in [0.1, 0.15) is 0 Å². The molecule has 2 rings (SSSR count). The van der Waals surface area contributed by atoms with Crippen LogP contribution < -0.4 is 5.32 Å². The standard InChI is InChI=1S/C15H17N3O4/c1-22-13(15(20)21)8-16-14(19)12-7-17-18(10-12)9-11-5-3-2-4-6-11/h2-7,10,13H,8-9H2,1H3,(H,16,19)(H,20,21). The number of aromatic nitrogens is 2. The zero-order valence-electron chi connectivity index (χ0n) is 12.1. The van der Waals surface area contributed by atoms with Crippen LogP contribution in [0.1, 0.15) is 15.9 Å². The van der Waals surface area contributed by atoms with E-state index in [2.05, 4.69) is 10.4 Å². The maximum absolute atomic E-state index is 11.9. The van der Waals surface area contributed by atoms with Crippen molar-refractivity contribution in [3.05, 3.63) is 53.9 Å². The molecule has 0 aliphatic heterocycles. The molecule has 1 aromatic carbocycles. The molecule has 7 heteroatoms. The third-order valence-electron chi connectivity index (χ3n) is 3.09. The van der Waals surface area contributed by atoms with Crippen molar-refractivity contribution in [1.29, 1.82) is 0 Å². The SMILES string of the molecule is COC(CNC(=O)c1cnn(Cc2ccccc2)c1)C(=O)O. The van der Waals surface area contributed by atoms with Gasteiger partial charge in [-0.05, 0) is 5.56 Å². The average molecular weight is 303 g/mol. The Labute approximate surface area is 127 Å². The average Bonchev–Trinajstić information content (AvgIpc) is 2.97. The van der Waals surface area contributed by atoms with Gasteiger partial charge in [-0.25, -0.2) is 4.79 Å². The number of aliphatic carboxylic acids is 1. The summed E-state index contributed by atoms with van der Waals surface area (Å²) in [5.74, 6) is -1.51. The fraction of sp³-hybridized carbons (Fsp3) is 0.267. The number of nitrogens with zero attached hydrogens (tertiary/aromatic N) is 2. The molecule has 7 nitrogen and oxygen atoms in total. The molecule has 1 heterocycles. The molecule has 1 unspecified atom stereocenters. The Balaban J connectivity index is 1.93. The lowest BCUT2D eigenvalue weighted by atomic mass is 10.2. The van der Waals surface area contributed by atoms with Crippen molar-refractivity contribution in [2.75, 3.05) is 13.7 Å². The monoisotopic (exact) mass is 303 g/mol. The molecular weight excluding hydrogens is 286 g/mol. The first-order chi connectivity index (χ1) is 10.6. The van der Waals surface area contributed by atoms with E-state index in [0.29, 0.717) is 12.1 Å². The predicted molar refractivity (Wildman–Crippen MR) is 78.5 cm³/mol.